The van der Waals surface area contributed by atoms with Crippen molar-refractivity contribution in [3.63, 3.8) is 0 Å². The fraction of sp³-hybridized carbons (Fsp3) is 0.818. The van der Waals surface area contributed by atoms with Gasteiger partial charge in [0.25, 0.3) is 0 Å². The summed E-state index contributed by atoms with van der Waals surface area (Å²) in [5.74, 6) is -0.637. The minimum absolute atomic E-state index is 0.0993. The van der Waals surface area contributed by atoms with Crippen molar-refractivity contribution in [2.45, 2.75) is 26.8 Å². The van der Waals surface area contributed by atoms with Gasteiger partial charge in [-0.2, -0.15) is 0 Å². The molecule has 0 aromatic carbocycles. The average Bonchev–Trinajstić information content (AvgIpc) is 2.36. The van der Waals surface area contributed by atoms with Crippen LogP contribution in [0.2, 0.25) is 0 Å². The molecule has 2 atom stereocenters. The Morgan fingerprint density at radius 2 is 1.89 bits per heavy atom. The lowest BCUT2D eigenvalue weighted by Gasteiger charge is -2.22. The van der Waals surface area contributed by atoms with Gasteiger partial charge in [-0.05, 0) is 27.3 Å². The van der Waals surface area contributed by atoms with E-state index >= 15 is 0 Å². The van der Waals surface area contributed by atoms with E-state index in [0.29, 0.717) is 25.9 Å². The van der Waals surface area contributed by atoms with E-state index < -0.39 is 14.3 Å². The van der Waals surface area contributed by atoms with E-state index in [1.165, 1.54) is 0 Å². The van der Waals surface area contributed by atoms with E-state index in [0.717, 1.165) is 0 Å². The second kappa shape index (κ2) is 11.1. The monoisotopic (exact) mass is 293 g/mol. The number of nitrogens with one attached hydrogen (secondary N) is 2. The third-order valence-electron chi connectivity index (χ3n) is 2.06. The van der Waals surface area contributed by atoms with E-state index in [-0.39, 0.29) is 18.5 Å². The second-order valence-corrected chi connectivity index (χ2v) is 5.56. The molecule has 0 heterocycles. The smallest absolute Gasteiger partial charge is 0.323 e. The Bertz CT molecular complexity index is 279. The van der Waals surface area contributed by atoms with E-state index in [4.69, 9.17) is 15.2 Å². The molecule has 1 unspecified atom stereocenters. The highest BCUT2D eigenvalue weighted by Crippen LogP contribution is 2.24. The topological polar surface area (TPSA) is 103 Å². The Morgan fingerprint density at radius 3 is 2.42 bits per heavy atom. The molecule has 112 valence electrons. The predicted octanol–water partition coefficient (Wildman–Crippen LogP) is -0.0491. The first-order valence-electron chi connectivity index (χ1n) is 6.34. The molecular weight excluding hydrogens is 269 g/mol. The summed E-state index contributed by atoms with van der Waals surface area (Å²) in [7, 11) is -0.913. The number of nitrogens with two attached hydrogens (primary N) is 1. The van der Waals surface area contributed by atoms with Gasteiger partial charge < -0.3 is 15.2 Å². The van der Waals surface area contributed by atoms with Gasteiger partial charge in [0.1, 0.15) is 6.04 Å². The van der Waals surface area contributed by atoms with E-state index in [1.54, 1.807) is 20.8 Å². The van der Waals surface area contributed by atoms with Gasteiger partial charge in [-0.25, -0.2) is 0 Å². The summed E-state index contributed by atoms with van der Waals surface area (Å²) in [6, 6.07) is -0.438. The molecule has 7 nitrogen and oxygen atoms in total. The number of ether oxygens (including phenoxy) is 2. The van der Waals surface area contributed by atoms with Crippen molar-refractivity contribution in [2.24, 2.45) is 5.73 Å². The van der Waals surface area contributed by atoms with Crippen LogP contribution in [0.1, 0.15) is 20.8 Å². The lowest BCUT2D eigenvalue weighted by molar-refractivity contribution is -0.144. The quantitative estimate of drug-likeness (QED) is 0.383. The molecule has 0 saturated carbocycles. The fourth-order valence-electron chi connectivity index (χ4n) is 1.24. The zero-order chi connectivity index (χ0) is 14.7. The van der Waals surface area contributed by atoms with Gasteiger partial charge >= 0.3 is 11.9 Å². The van der Waals surface area contributed by atoms with Crippen molar-refractivity contribution in [1.29, 1.82) is 0 Å². The first-order valence-corrected chi connectivity index (χ1v) is 7.87. The SMILES string of the molecule is CCOC(=O)CNP(CCN)N[C@@H](C)C(=O)OCC. The van der Waals surface area contributed by atoms with Crippen molar-refractivity contribution in [3.05, 3.63) is 0 Å². The minimum atomic E-state index is -0.913. The third kappa shape index (κ3) is 8.88. The summed E-state index contributed by atoms with van der Waals surface area (Å²) in [6.07, 6.45) is 0.651. The minimum Gasteiger partial charge on any atom is -0.465 e. The van der Waals surface area contributed by atoms with Crippen LogP contribution in [0, 0.1) is 0 Å². The second-order valence-electron chi connectivity index (χ2n) is 3.68. The zero-order valence-corrected chi connectivity index (χ0v) is 12.7. The Hall–Kier alpha value is -0.750. The molecule has 0 rings (SSSR count). The molecule has 0 aliphatic rings. The molecule has 0 amide bonds. The van der Waals surface area contributed by atoms with Crippen molar-refractivity contribution < 1.29 is 19.1 Å². The van der Waals surface area contributed by atoms with E-state index in [2.05, 4.69) is 10.2 Å². The van der Waals surface area contributed by atoms with Crippen LogP contribution < -0.4 is 15.9 Å². The maximum atomic E-state index is 11.5. The highest BCUT2D eigenvalue weighted by atomic mass is 31.1. The molecule has 0 fully saturated rings. The van der Waals surface area contributed by atoms with Crippen LogP contribution >= 0.6 is 8.22 Å². The van der Waals surface area contributed by atoms with Gasteiger partial charge in [-0.15, -0.1) is 0 Å². The molecule has 0 saturated heterocycles. The zero-order valence-electron chi connectivity index (χ0n) is 11.8. The average molecular weight is 293 g/mol. The van der Waals surface area contributed by atoms with Crippen LogP contribution in [0.5, 0.6) is 0 Å². The van der Waals surface area contributed by atoms with Crippen LogP contribution in [0.15, 0.2) is 0 Å². The van der Waals surface area contributed by atoms with Gasteiger partial charge in [0.15, 0.2) is 0 Å². The fourth-order valence-corrected chi connectivity index (χ4v) is 2.77. The summed E-state index contributed by atoms with van der Waals surface area (Å²) in [4.78, 5) is 22.7. The summed E-state index contributed by atoms with van der Waals surface area (Å²) < 4.78 is 9.72. The molecule has 8 heteroatoms. The Kier molecular flexibility index (Phi) is 10.7. The maximum Gasteiger partial charge on any atom is 0.323 e. The Labute approximate surface area is 115 Å². The Morgan fingerprint density at radius 1 is 1.26 bits per heavy atom. The molecule has 0 aliphatic heterocycles. The molecule has 0 aromatic heterocycles. The number of carbonyl (C=O) groups is 2. The van der Waals surface area contributed by atoms with Crippen molar-refractivity contribution in [1.82, 2.24) is 10.2 Å². The van der Waals surface area contributed by atoms with Gasteiger partial charge in [0.05, 0.1) is 19.8 Å². The van der Waals surface area contributed by atoms with Crippen LogP contribution in [-0.2, 0) is 19.1 Å². The van der Waals surface area contributed by atoms with Crippen molar-refractivity contribution in [2.75, 3.05) is 32.5 Å². The molecule has 0 radical (unpaired) electrons. The highest BCUT2D eigenvalue weighted by Gasteiger charge is 2.18. The number of hydrogen-bond acceptors (Lipinski definition) is 7. The maximum absolute atomic E-state index is 11.5. The molecule has 0 aromatic rings. The molecule has 0 aliphatic carbocycles. The van der Waals surface area contributed by atoms with E-state index in [9.17, 15) is 9.59 Å². The van der Waals surface area contributed by atoms with Crippen LogP contribution in [0.4, 0.5) is 0 Å². The van der Waals surface area contributed by atoms with Crippen LogP contribution in [0.25, 0.3) is 0 Å². The molecule has 0 spiro atoms. The lowest BCUT2D eigenvalue weighted by atomic mass is 10.4. The van der Waals surface area contributed by atoms with Crippen molar-refractivity contribution in [3.8, 4) is 0 Å². The molecular formula is C11H24N3O4P. The number of hydrogen-bond donors (Lipinski definition) is 3. The predicted molar refractivity (Wildman–Crippen MR) is 74.7 cm³/mol. The first kappa shape index (κ1) is 18.2. The molecule has 19 heavy (non-hydrogen) atoms. The van der Waals surface area contributed by atoms with Crippen LogP contribution in [0.3, 0.4) is 0 Å². The third-order valence-corrected chi connectivity index (χ3v) is 4.01. The normalized spacial score (nSPS) is 13.7. The molecule has 4 N–H and O–H groups in total. The van der Waals surface area contributed by atoms with Crippen molar-refractivity contribution >= 4 is 20.2 Å². The van der Waals surface area contributed by atoms with Gasteiger partial charge in [0.2, 0.25) is 0 Å². The summed E-state index contributed by atoms with van der Waals surface area (Å²) in [5, 5.41) is 6.12. The Balaban J connectivity index is 4.16. The summed E-state index contributed by atoms with van der Waals surface area (Å²) >= 11 is 0. The number of esters is 2. The number of rotatable bonds is 10. The largest absolute Gasteiger partial charge is 0.465 e. The first-order chi connectivity index (χ1) is 9.04. The van der Waals surface area contributed by atoms with Gasteiger partial charge in [-0.3, -0.25) is 19.8 Å². The van der Waals surface area contributed by atoms with Gasteiger partial charge in [-0.1, -0.05) is 0 Å². The van der Waals surface area contributed by atoms with Gasteiger partial charge in [0, 0.05) is 14.4 Å². The molecule has 0 bridgehead atoms. The van der Waals surface area contributed by atoms with Crippen LogP contribution in [-0.4, -0.2) is 50.4 Å². The summed E-state index contributed by atoms with van der Waals surface area (Å²) in [6.45, 7) is 6.48. The number of carbonyl (C=O) groups excluding carboxylic acids is 2. The summed E-state index contributed by atoms with van der Waals surface area (Å²) in [5.41, 5.74) is 5.51. The lowest BCUT2D eigenvalue weighted by Crippen LogP contribution is -2.37. The highest BCUT2D eigenvalue weighted by molar-refractivity contribution is 7.53. The van der Waals surface area contributed by atoms with E-state index in [1.807, 2.05) is 0 Å². The standard InChI is InChI=1S/C11H24N3O4P/c1-4-17-10(15)8-13-19(7-6-12)14-9(3)11(16)18-5-2/h9,13-14H,4-8,12H2,1-3H3/t9-,19?/m0/s1.